The zero-order chi connectivity index (χ0) is 24.2. The number of nitrogens with one attached hydrogen (secondary N) is 2. The Morgan fingerprint density at radius 3 is 1.06 bits per heavy atom. The molecule has 0 atom stereocenters. The quantitative estimate of drug-likeness (QED) is 0.258. The van der Waals surface area contributed by atoms with Gasteiger partial charge in [0.25, 0.3) is 11.8 Å². The van der Waals surface area contributed by atoms with E-state index in [9.17, 15) is 30.0 Å². The highest BCUT2D eigenvalue weighted by atomic mass is 16.3. The van der Waals surface area contributed by atoms with E-state index < -0.39 is 11.8 Å². The number of benzene rings is 4. The molecule has 0 aliphatic carbocycles. The minimum atomic E-state index is -0.473. The molecule has 6 N–H and O–H groups in total. The smallest absolute Gasteiger partial charge is 0.255 e. The Morgan fingerprint density at radius 1 is 0.471 bits per heavy atom. The second-order valence-electron chi connectivity index (χ2n) is 7.54. The number of phenolic OH excluding ortho intramolecular Hbond substituents is 4. The first-order chi connectivity index (χ1) is 16.3. The average Bonchev–Trinajstić information content (AvgIpc) is 2.79. The Hall–Kier alpha value is -4.98. The second kappa shape index (κ2) is 9.25. The van der Waals surface area contributed by atoms with Crippen LogP contribution in [-0.2, 0) is 0 Å². The highest BCUT2D eigenvalue weighted by Crippen LogP contribution is 2.26. The van der Waals surface area contributed by atoms with Crippen LogP contribution in [0.15, 0.2) is 84.9 Å². The van der Waals surface area contributed by atoms with Crippen LogP contribution >= 0.6 is 0 Å². The topological polar surface area (TPSA) is 139 Å². The van der Waals surface area contributed by atoms with Gasteiger partial charge in [-0.2, -0.15) is 0 Å². The SMILES string of the molecule is O=C(Nc1ccc(-c2ccc(NC(=O)c3cc(O)cc(O)c3)cc2)cc1)c1cc(O)cc(O)c1. The second-order valence-corrected chi connectivity index (χ2v) is 7.54. The Morgan fingerprint density at radius 2 is 0.765 bits per heavy atom. The molecule has 0 aromatic heterocycles. The molecule has 2 amide bonds. The molecule has 170 valence electrons. The van der Waals surface area contributed by atoms with E-state index in [1.54, 1.807) is 24.3 Å². The van der Waals surface area contributed by atoms with Crippen molar-refractivity contribution in [1.82, 2.24) is 0 Å². The molecule has 0 saturated carbocycles. The first-order valence-corrected chi connectivity index (χ1v) is 10.2. The molecule has 0 bridgehead atoms. The lowest BCUT2D eigenvalue weighted by Crippen LogP contribution is -2.11. The van der Waals surface area contributed by atoms with Crippen LogP contribution in [0.5, 0.6) is 23.0 Å². The molecule has 8 heteroatoms. The van der Waals surface area contributed by atoms with Crippen LogP contribution in [0.4, 0.5) is 11.4 Å². The van der Waals surface area contributed by atoms with Gasteiger partial charge in [-0.05, 0) is 59.7 Å². The van der Waals surface area contributed by atoms with E-state index in [1.165, 1.54) is 24.3 Å². The first kappa shape index (κ1) is 22.2. The fraction of sp³-hybridized carbons (Fsp3) is 0. The maximum Gasteiger partial charge on any atom is 0.255 e. The number of carbonyl (C=O) groups is 2. The first-order valence-electron chi connectivity index (χ1n) is 10.2. The lowest BCUT2D eigenvalue weighted by Gasteiger charge is -2.09. The molecule has 0 heterocycles. The van der Waals surface area contributed by atoms with Crippen molar-refractivity contribution in [2.24, 2.45) is 0 Å². The van der Waals surface area contributed by atoms with Gasteiger partial charge in [0.1, 0.15) is 23.0 Å². The van der Waals surface area contributed by atoms with Gasteiger partial charge >= 0.3 is 0 Å². The van der Waals surface area contributed by atoms with Crippen LogP contribution in [0.3, 0.4) is 0 Å². The summed E-state index contributed by atoms with van der Waals surface area (Å²) in [5.74, 6) is -1.78. The van der Waals surface area contributed by atoms with E-state index in [4.69, 9.17) is 0 Å². The number of anilines is 2. The molecule has 4 rings (SSSR count). The summed E-state index contributed by atoms with van der Waals surface area (Å²) in [7, 11) is 0. The molecule has 4 aromatic rings. The minimum Gasteiger partial charge on any atom is -0.508 e. The Balaban J connectivity index is 1.42. The Kier molecular flexibility index (Phi) is 6.05. The van der Waals surface area contributed by atoms with Gasteiger partial charge in [-0.1, -0.05) is 24.3 Å². The standard InChI is InChI=1S/C26H20N2O6/c29-21-9-17(10-22(30)13-21)25(33)27-19-5-1-15(2-6-19)16-3-7-20(8-4-16)28-26(34)18-11-23(31)14-24(32)12-18/h1-14,29-32H,(H,27,33)(H,28,34). The van der Waals surface area contributed by atoms with Crippen LogP contribution in [0, 0.1) is 0 Å². The summed E-state index contributed by atoms with van der Waals surface area (Å²) in [4.78, 5) is 24.7. The highest BCUT2D eigenvalue weighted by molar-refractivity contribution is 6.05. The van der Waals surface area contributed by atoms with Gasteiger partial charge in [-0.25, -0.2) is 0 Å². The van der Waals surface area contributed by atoms with E-state index in [-0.39, 0.29) is 34.1 Å². The number of amides is 2. The van der Waals surface area contributed by atoms with Crippen molar-refractivity contribution in [3.8, 4) is 34.1 Å². The fourth-order valence-electron chi connectivity index (χ4n) is 3.35. The van der Waals surface area contributed by atoms with Crippen LogP contribution < -0.4 is 10.6 Å². The number of hydrogen-bond donors (Lipinski definition) is 6. The van der Waals surface area contributed by atoms with Crippen LogP contribution in [-0.4, -0.2) is 32.2 Å². The van der Waals surface area contributed by atoms with Gasteiger partial charge in [0.05, 0.1) is 0 Å². The molecule has 0 radical (unpaired) electrons. The molecular weight excluding hydrogens is 436 g/mol. The molecule has 34 heavy (non-hydrogen) atoms. The third kappa shape index (κ3) is 5.25. The Bertz CT molecular complexity index is 1220. The van der Waals surface area contributed by atoms with Crippen molar-refractivity contribution in [1.29, 1.82) is 0 Å². The maximum atomic E-state index is 12.3. The number of aromatic hydroxyl groups is 4. The summed E-state index contributed by atoms with van der Waals surface area (Å²) in [6, 6.07) is 21.5. The molecule has 0 unspecified atom stereocenters. The van der Waals surface area contributed by atoms with Crippen LogP contribution in [0.25, 0.3) is 11.1 Å². The monoisotopic (exact) mass is 456 g/mol. The molecule has 4 aromatic carbocycles. The molecule has 0 aliphatic heterocycles. The van der Waals surface area contributed by atoms with Gasteiger partial charge in [0.2, 0.25) is 0 Å². The van der Waals surface area contributed by atoms with E-state index in [0.29, 0.717) is 11.4 Å². The number of phenols is 4. The van der Waals surface area contributed by atoms with Crippen LogP contribution in [0.1, 0.15) is 20.7 Å². The Labute approximate surface area is 194 Å². The summed E-state index contributed by atoms with van der Waals surface area (Å²) in [5.41, 5.74) is 3.08. The summed E-state index contributed by atoms with van der Waals surface area (Å²) in [6.07, 6.45) is 0. The predicted octanol–water partition coefficient (Wildman–Crippen LogP) is 4.68. The number of rotatable bonds is 5. The van der Waals surface area contributed by atoms with Crippen molar-refractivity contribution in [2.75, 3.05) is 10.6 Å². The lowest BCUT2D eigenvalue weighted by atomic mass is 10.0. The third-order valence-corrected chi connectivity index (χ3v) is 4.95. The van der Waals surface area contributed by atoms with Crippen molar-refractivity contribution >= 4 is 23.2 Å². The molecule has 0 saturated heterocycles. The van der Waals surface area contributed by atoms with Gasteiger partial charge in [0, 0.05) is 34.6 Å². The fourth-order valence-corrected chi connectivity index (χ4v) is 3.35. The van der Waals surface area contributed by atoms with Crippen molar-refractivity contribution in [3.05, 3.63) is 96.1 Å². The van der Waals surface area contributed by atoms with Gasteiger partial charge in [0.15, 0.2) is 0 Å². The van der Waals surface area contributed by atoms with E-state index in [1.807, 2.05) is 24.3 Å². The van der Waals surface area contributed by atoms with Crippen LogP contribution in [0.2, 0.25) is 0 Å². The molecule has 8 nitrogen and oxygen atoms in total. The third-order valence-electron chi connectivity index (χ3n) is 4.95. The summed E-state index contributed by atoms with van der Waals surface area (Å²) in [6.45, 7) is 0. The molecular formula is C26H20N2O6. The average molecular weight is 456 g/mol. The maximum absolute atomic E-state index is 12.3. The van der Waals surface area contributed by atoms with Crippen molar-refractivity contribution < 1.29 is 30.0 Å². The normalized spacial score (nSPS) is 10.5. The summed E-state index contributed by atoms with van der Waals surface area (Å²) < 4.78 is 0. The van der Waals surface area contributed by atoms with Crippen molar-refractivity contribution in [2.45, 2.75) is 0 Å². The van der Waals surface area contributed by atoms with E-state index >= 15 is 0 Å². The summed E-state index contributed by atoms with van der Waals surface area (Å²) in [5, 5.41) is 43.5. The molecule has 0 aliphatic rings. The predicted molar refractivity (Wildman–Crippen MR) is 127 cm³/mol. The zero-order valence-corrected chi connectivity index (χ0v) is 17.7. The molecule has 0 spiro atoms. The van der Waals surface area contributed by atoms with Gasteiger partial charge < -0.3 is 31.1 Å². The summed E-state index contributed by atoms with van der Waals surface area (Å²) >= 11 is 0. The highest BCUT2D eigenvalue weighted by Gasteiger charge is 2.11. The van der Waals surface area contributed by atoms with Gasteiger partial charge in [-0.3, -0.25) is 9.59 Å². The van der Waals surface area contributed by atoms with Crippen molar-refractivity contribution in [3.63, 3.8) is 0 Å². The number of hydrogen-bond acceptors (Lipinski definition) is 6. The van der Waals surface area contributed by atoms with Gasteiger partial charge in [-0.15, -0.1) is 0 Å². The lowest BCUT2D eigenvalue weighted by molar-refractivity contribution is 0.101. The minimum absolute atomic E-state index is 0.125. The number of carbonyl (C=O) groups excluding carboxylic acids is 2. The molecule has 0 fully saturated rings. The zero-order valence-electron chi connectivity index (χ0n) is 17.7. The van der Waals surface area contributed by atoms with E-state index in [2.05, 4.69) is 10.6 Å². The van der Waals surface area contributed by atoms with E-state index in [0.717, 1.165) is 23.3 Å². The largest absolute Gasteiger partial charge is 0.508 e.